The van der Waals surface area contributed by atoms with Crippen LogP contribution in [0.1, 0.15) is 6.42 Å². The third-order valence-electron chi connectivity index (χ3n) is 3.62. The standard InChI is InChI=1S/C18H20N4O/c19-11-6-12-20-15-13-21-22(16-9-4-5-10-17(16)23)18(15)14-7-2-1-3-8-14/h1-5,7-10,13,20,23H,6,11-12,19H2. The predicted octanol–water partition coefficient (Wildman–Crippen LogP) is 3.01. The summed E-state index contributed by atoms with van der Waals surface area (Å²) in [4.78, 5) is 0. The highest BCUT2D eigenvalue weighted by Gasteiger charge is 2.15. The van der Waals surface area contributed by atoms with Gasteiger partial charge in [-0.15, -0.1) is 0 Å². The number of phenolic OH excluding ortho intramolecular Hbond substituents is 1. The molecule has 3 rings (SSSR count). The lowest BCUT2D eigenvalue weighted by Gasteiger charge is -2.12. The summed E-state index contributed by atoms with van der Waals surface area (Å²) in [6.45, 7) is 1.42. The number of nitrogens with one attached hydrogen (secondary N) is 1. The van der Waals surface area contributed by atoms with Crippen molar-refractivity contribution in [3.8, 4) is 22.7 Å². The van der Waals surface area contributed by atoms with Gasteiger partial charge < -0.3 is 16.2 Å². The number of rotatable bonds is 6. The Bertz CT molecular complexity index is 768. The molecule has 5 nitrogen and oxygen atoms in total. The van der Waals surface area contributed by atoms with Crippen LogP contribution >= 0.6 is 0 Å². The molecule has 0 unspecified atom stereocenters. The van der Waals surface area contributed by atoms with Gasteiger partial charge in [0.05, 0.1) is 17.6 Å². The van der Waals surface area contributed by atoms with Gasteiger partial charge >= 0.3 is 0 Å². The van der Waals surface area contributed by atoms with Gasteiger partial charge in [0.25, 0.3) is 0 Å². The second kappa shape index (κ2) is 6.98. The van der Waals surface area contributed by atoms with Crippen molar-refractivity contribution in [2.75, 3.05) is 18.4 Å². The zero-order valence-corrected chi connectivity index (χ0v) is 12.8. The van der Waals surface area contributed by atoms with E-state index >= 15 is 0 Å². The molecule has 0 radical (unpaired) electrons. The summed E-state index contributed by atoms with van der Waals surface area (Å²) in [6, 6.07) is 17.2. The van der Waals surface area contributed by atoms with Crippen LogP contribution in [0.15, 0.2) is 60.8 Å². The summed E-state index contributed by atoms with van der Waals surface area (Å²) in [5.41, 5.74) is 9.09. The lowest BCUT2D eigenvalue weighted by molar-refractivity contribution is 0.470. The number of aromatic nitrogens is 2. The maximum absolute atomic E-state index is 10.2. The number of hydrogen-bond acceptors (Lipinski definition) is 4. The van der Waals surface area contributed by atoms with Gasteiger partial charge in [-0.3, -0.25) is 0 Å². The number of nitrogens with two attached hydrogens (primary N) is 1. The molecule has 1 heterocycles. The molecule has 0 aliphatic rings. The van der Waals surface area contributed by atoms with Crippen molar-refractivity contribution in [2.45, 2.75) is 6.42 Å². The Labute approximate surface area is 135 Å². The van der Waals surface area contributed by atoms with Crippen LogP contribution in [0.5, 0.6) is 5.75 Å². The maximum atomic E-state index is 10.2. The minimum Gasteiger partial charge on any atom is -0.506 e. The van der Waals surface area contributed by atoms with Gasteiger partial charge in [0.2, 0.25) is 0 Å². The van der Waals surface area contributed by atoms with Gasteiger partial charge in [0.15, 0.2) is 0 Å². The molecular weight excluding hydrogens is 288 g/mol. The fraction of sp³-hybridized carbons (Fsp3) is 0.167. The van der Waals surface area contributed by atoms with Crippen molar-refractivity contribution >= 4 is 5.69 Å². The molecule has 0 bridgehead atoms. The van der Waals surface area contributed by atoms with Crippen LogP contribution < -0.4 is 11.1 Å². The molecule has 118 valence electrons. The molecule has 0 fully saturated rings. The minimum atomic E-state index is 0.196. The summed E-state index contributed by atoms with van der Waals surface area (Å²) >= 11 is 0. The number of hydrogen-bond donors (Lipinski definition) is 3. The van der Waals surface area contributed by atoms with E-state index in [4.69, 9.17) is 5.73 Å². The summed E-state index contributed by atoms with van der Waals surface area (Å²) in [6.07, 6.45) is 2.67. The largest absolute Gasteiger partial charge is 0.506 e. The molecule has 0 amide bonds. The van der Waals surface area contributed by atoms with Crippen LogP contribution in [0.3, 0.4) is 0 Å². The Hall–Kier alpha value is -2.79. The first-order chi connectivity index (χ1) is 11.3. The van der Waals surface area contributed by atoms with E-state index in [1.54, 1.807) is 23.0 Å². The second-order valence-electron chi connectivity index (χ2n) is 5.24. The van der Waals surface area contributed by atoms with Crippen molar-refractivity contribution in [1.29, 1.82) is 0 Å². The highest BCUT2D eigenvalue weighted by molar-refractivity contribution is 5.76. The number of benzene rings is 2. The Morgan fingerprint density at radius 2 is 1.78 bits per heavy atom. The Morgan fingerprint density at radius 1 is 1.04 bits per heavy atom. The molecule has 0 saturated heterocycles. The molecule has 2 aromatic carbocycles. The molecule has 0 atom stereocenters. The zero-order valence-electron chi connectivity index (χ0n) is 12.8. The number of phenols is 1. The molecular formula is C18H20N4O. The Kier molecular flexibility index (Phi) is 4.59. The monoisotopic (exact) mass is 308 g/mol. The van der Waals surface area contributed by atoms with Crippen LogP contribution in [0, 0.1) is 0 Å². The number of para-hydroxylation sites is 2. The molecule has 0 saturated carbocycles. The molecule has 0 aliphatic heterocycles. The van der Waals surface area contributed by atoms with Crippen molar-refractivity contribution in [2.24, 2.45) is 5.73 Å². The van der Waals surface area contributed by atoms with E-state index < -0.39 is 0 Å². The second-order valence-corrected chi connectivity index (χ2v) is 5.24. The third kappa shape index (κ3) is 3.19. The van der Waals surface area contributed by atoms with Crippen molar-refractivity contribution in [3.05, 3.63) is 60.8 Å². The molecule has 1 aromatic heterocycles. The number of aromatic hydroxyl groups is 1. The van der Waals surface area contributed by atoms with Crippen molar-refractivity contribution in [3.63, 3.8) is 0 Å². The molecule has 0 aliphatic carbocycles. The lowest BCUT2D eigenvalue weighted by atomic mass is 10.1. The van der Waals surface area contributed by atoms with Gasteiger partial charge in [-0.25, -0.2) is 4.68 Å². The van der Waals surface area contributed by atoms with E-state index in [0.717, 1.165) is 29.9 Å². The fourth-order valence-electron chi connectivity index (χ4n) is 2.50. The van der Waals surface area contributed by atoms with E-state index in [0.29, 0.717) is 12.2 Å². The average molecular weight is 308 g/mol. The average Bonchev–Trinajstić information content (AvgIpc) is 3.00. The lowest BCUT2D eigenvalue weighted by Crippen LogP contribution is -2.09. The third-order valence-corrected chi connectivity index (χ3v) is 3.62. The van der Waals surface area contributed by atoms with Crippen molar-refractivity contribution in [1.82, 2.24) is 9.78 Å². The summed E-state index contributed by atoms with van der Waals surface area (Å²) in [5, 5.41) is 18.0. The van der Waals surface area contributed by atoms with Crippen LogP contribution in [-0.2, 0) is 0 Å². The number of nitrogens with zero attached hydrogens (tertiary/aromatic N) is 2. The van der Waals surface area contributed by atoms with Gasteiger partial charge in [-0.2, -0.15) is 5.10 Å². The molecule has 23 heavy (non-hydrogen) atoms. The van der Waals surface area contributed by atoms with Gasteiger partial charge in [-0.05, 0) is 25.1 Å². The van der Waals surface area contributed by atoms with Crippen LogP contribution in [0.4, 0.5) is 5.69 Å². The summed E-state index contributed by atoms with van der Waals surface area (Å²) < 4.78 is 1.76. The summed E-state index contributed by atoms with van der Waals surface area (Å²) in [7, 11) is 0. The van der Waals surface area contributed by atoms with Crippen LogP contribution in [0.2, 0.25) is 0 Å². The van der Waals surface area contributed by atoms with E-state index in [1.807, 2.05) is 42.5 Å². The Balaban J connectivity index is 2.08. The van der Waals surface area contributed by atoms with Gasteiger partial charge in [-0.1, -0.05) is 42.5 Å². The minimum absolute atomic E-state index is 0.196. The summed E-state index contributed by atoms with van der Waals surface area (Å²) in [5.74, 6) is 0.196. The van der Waals surface area contributed by atoms with Crippen molar-refractivity contribution < 1.29 is 5.11 Å². The fourth-order valence-corrected chi connectivity index (χ4v) is 2.50. The quantitative estimate of drug-likeness (QED) is 0.612. The highest BCUT2D eigenvalue weighted by Crippen LogP contribution is 2.32. The van der Waals surface area contributed by atoms with E-state index in [1.165, 1.54) is 0 Å². The van der Waals surface area contributed by atoms with Crippen LogP contribution in [0.25, 0.3) is 16.9 Å². The number of anilines is 1. The maximum Gasteiger partial charge on any atom is 0.141 e. The normalized spacial score (nSPS) is 10.7. The van der Waals surface area contributed by atoms with E-state index in [-0.39, 0.29) is 5.75 Å². The zero-order chi connectivity index (χ0) is 16.1. The molecule has 0 spiro atoms. The topological polar surface area (TPSA) is 76.1 Å². The molecule has 5 heteroatoms. The molecule has 4 N–H and O–H groups in total. The van der Waals surface area contributed by atoms with E-state index in [9.17, 15) is 5.11 Å². The first-order valence-electron chi connectivity index (χ1n) is 7.67. The van der Waals surface area contributed by atoms with Crippen LogP contribution in [-0.4, -0.2) is 28.0 Å². The Morgan fingerprint density at radius 3 is 2.52 bits per heavy atom. The van der Waals surface area contributed by atoms with Gasteiger partial charge in [0.1, 0.15) is 11.4 Å². The first kappa shape index (κ1) is 15.1. The van der Waals surface area contributed by atoms with E-state index in [2.05, 4.69) is 10.4 Å². The smallest absolute Gasteiger partial charge is 0.141 e. The predicted molar refractivity (Wildman–Crippen MR) is 92.8 cm³/mol. The molecule has 3 aromatic rings. The first-order valence-corrected chi connectivity index (χ1v) is 7.67. The highest BCUT2D eigenvalue weighted by atomic mass is 16.3. The SMILES string of the molecule is NCCCNc1cnn(-c2ccccc2O)c1-c1ccccc1. The van der Waals surface area contributed by atoms with Gasteiger partial charge in [0, 0.05) is 12.1 Å².